The van der Waals surface area contributed by atoms with E-state index in [1.165, 1.54) is 0 Å². The van der Waals surface area contributed by atoms with Crippen LogP contribution in [0.25, 0.3) is 0 Å². The SMILES string of the molecule is O=[Te](Br)Br. The summed E-state index contributed by atoms with van der Waals surface area (Å²) in [7, 11) is 0. The Balaban J connectivity index is 2.80. The molecule has 0 aliphatic carbocycles. The van der Waals surface area contributed by atoms with Crippen molar-refractivity contribution in [3.63, 3.8) is 0 Å². The van der Waals surface area contributed by atoms with Crippen molar-refractivity contribution in [1.29, 1.82) is 0 Å². The van der Waals surface area contributed by atoms with Gasteiger partial charge in [-0.3, -0.25) is 0 Å². The van der Waals surface area contributed by atoms with E-state index in [0.29, 0.717) is 0 Å². The first-order valence-electron chi connectivity index (χ1n) is 0.475. The molecule has 0 aliphatic rings. The Hall–Kier alpha value is 1.55. The summed E-state index contributed by atoms with van der Waals surface area (Å²) < 4.78 is 9.53. The summed E-state index contributed by atoms with van der Waals surface area (Å²) in [5, 5.41) is 0. The van der Waals surface area contributed by atoms with Crippen molar-refractivity contribution in [2.45, 2.75) is 0 Å². The molecule has 0 radical (unpaired) electrons. The van der Waals surface area contributed by atoms with Crippen LogP contribution >= 0.6 is 25.5 Å². The maximum atomic E-state index is 9.53. The summed E-state index contributed by atoms with van der Waals surface area (Å²) in [6.45, 7) is 0. The van der Waals surface area contributed by atoms with Gasteiger partial charge in [0, 0.05) is 0 Å². The van der Waals surface area contributed by atoms with Gasteiger partial charge in [0.1, 0.15) is 0 Å². The van der Waals surface area contributed by atoms with E-state index in [4.69, 9.17) is 0 Å². The zero-order valence-corrected chi connectivity index (χ0v) is 7.07. The summed E-state index contributed by atoms with van der Waals surface area (Å²) in [5.41, 5.74) is 0. The number of hydrogen-bond acceptors (Lipinski definition) is 1. The molecule has 0 bridgehead atoms. The molecule has 4 heteroatoms. The van der Waals surface area contributed by atoms with E-state index in [9.17, 15) is 3.10 Å². The molecule has 0 aliphatic heterocycles. The predicted molar refractivity (Wildman–Crippen MR) is 24.3 cm³/mol. The van der Waals surface area contributed by atoms with E-state index >= 15 is 0 Å². The van der Waals surface area contributed by atoms with Crippen LogP contribution in [0, 0.1) is 0 Å². The number of halogens is 2. The van der Waals surface area contributed by atoms with Crippen LogP contribution in [0.2, 0.25) is 0 Å². The summed E-state index contributed by atoms with van der Waals surface area (Å²) in [4.78, 5) is 0. The van der Waals surface area contributed by atoms with E-state index in [1.807, 2.05) is 0 Å². The van der Waals surface area contributed by atoms with E-state index < -0.39 is 15.1 Å². The Morgan fingerprint density at radius 3 is 1.50 bits per heavy atom. The third kappa shape index (κ3) is 9.61. The first-order chi connectivity index (χ1) is 1.73. The Bertz CT molecular complexity index is 29.0. The Kier molecular flexibility index (Phi) is 3.84. The van der Waals surface area contributed by atoms with E-state index in [-0.39, 0.29) is 0 Å². The van der Waals surface area contributed by atoms with Crippen molar-refractivity contribution in [2.75, 3.05) is 0 Å². The Labute approximate surface area is 43.4 Å². The standard InChI is InChI=1S/Br2OTe/c1-4(2)3. The van der Waals surface area contributed by atoms with Crippen LogP contribution in [0.15, 0.2) is 0 Å². The molecule has 0 atom stereocenters. The fourth-order valence-corrected chi connectivity index (χ4v) is 0. The van der Waals surface area contributed by atoms with E-state index in [2.05, 4.69) is 25.5 Å². The van der Waals surface area contributed by atoms with Gasteiger partial charge in [-0.1, -0.05) is 0 Å². The summed E-state index contributed by atoms with van der Waals surface area (Å²) in [6, 6.07) is 0. The zero-order chi connectivity index (χ0) is 3.58. The molecule has 0 N–H and O–H groups in total. The van der Waals surface area contributed by atoms with Gasteiger partial charge in [0.05, 0.1) is 0 Å². The topological polar surface area (TPSA) is 17.1 Å². The van der Waals surface area contributed by atoms with Gasteiger partial charge in [0.2, 0.25) is 0 Å². The molecule has 0 rings (SSSR count). The minimum absolute atomic E-state index is 1.98. The first-order valence-corrected chi connectivity index (χ1v) is 11.9. The van der Waals surface area contributed by atoms with Gasteiger partial charge >= 0.3 is 43.7 Å². The summed E-state index contributed by atoms with van der Waals surface area (Å²) in [5.74, 6) is 0. The molecular weight excluding hydrogens is 303 g/mol. The third-order valence-electron chi connectivity index (χ3n) is 0. The van der Waals surface area contributed by atoms with Crippen LogP contribution in [0.3, 0.4) is 0 Å². The van der Waals surface area contributed by atoms with Gasteiger partial charge in [-0.2, -0.15) is 0 Å². The van der Waals surface area contributed by atoms with Gasteiger partial charge in [-0.05, 0) is 0 Å². The molecule has 0 heterocycles. The molecule has 0 aromatic rings. The van der Waals surface area contributed by atoms with Crippen molar-refractivity contribution in [3.05, 3.63) is 0 Å². The van der Waals surface area contributed by atoms with Crippen molar-refractivity contribution >= 4 is 40.6 Å². The molecular formula is Br2OTe. The average molecular weight is 303 g/mol. The van der Waals surface area contributed by atoms with E-state index in [1.54, 1.807) is 0 Å². The van der Waals surface area contributed by atoms with E-state index in [0.717, 1.165) is 0 Å². The zero-order valence-electron chi connectivity index (χ0n) is 1.57. The maximum absolute atomic E-state index is 9.53. The van der Waals surface area contributed by atoms with Gasteiger partial charge in [0.25, 0.3) is 0 Å². The Morgan fingerprint density at radius 1 is 1.50 bits per heavy atom. The molecule has 1 nitrogen and oxygen atoms in total. The van der Waals surface area contributed by atoms with Crippen LogP contribution in [0.5, 0.6) is 0 Å². The average Bonchev–Trinajstić information content (AvgIpc) is 0.811. The fourth-order valence-electron chi connectivity index (χ4n) is 0. The molecule has 0 saturated heterocycles. The summed E-state index contributed by atoms with van der Waals surface area (Å²) in [6.07, 6.45) is 0. The van der Waals surface area contributed by atoms with Gasteiger partial charge < -0.3 is 0 Å². The molecule has 0 fully saturated rings. The van der Waals surface area contributed by atoms with Crippen LogP contribution in [0.1, 0.15) is 0 Å². The van der Waals surface area contributed by atoms with Gasteiger partial charge in [-0.25, -0.2) is 0 Å². The molecule has 0 unspecified atom stereocenters. The molecule has 26 valence electrons. The van der Waals surface area contributed by atoms with Crippen LogP contribution in [-0.2, 0) is 3.10 Å². The van der Waals surface area contributed by atoms with Crippen molar-refractivity contribution in [3.8, 4) is 0 Å². The van der Waals surface area contributed by atoms with Gasteiger partial charge in [0.15, 0.2) is 0 Å². The van der Waals surface area contributed by atoms with Crippen LogP contribution < -0.4 is 0 Å². The predicted octanol–water partition coefficient (Wildman–Crippen LogP) is 1.19. The molecule has 0 amide bonds. The molecule has 0 saturated carbocycles. The third-order valence-corrected chi connectivity index (χ3v) is 0. The Morgan fingerprint density at radius 2 is 1.50 bits per heavy atom. The quantitative estimate of drug-likeness (QED) is 0.615. The van der Waals surface area contributed by atoms with Crippen molar-refractivity contribution in [1.82, 2.24) is 0 Å². The summed E-state index contributed by atoms with van der Waals surface area (Å²) >= 11 is 3.62. The monoisotopic (exact) mass is 304 g/mol. The van der Waals surface area contributed by atoms with Crippen molar-refractivity contribution < 1.29 is 3.10 Å². The molecule has 4 heavy (non-hydrogen) atoms. The second-order valence-electron chi connectivity index (χ2n) is 0.184. The van der Waals surface area contributed by atoms with Crippen molar-refractivity contribution in [2.24, 2.45) is 0 Å². The second kappa shape index (κ2) is 2.77. The normalized spacial score (nSPS) is 8.75. The number of hydrogen-bond donors (Lipinski definition) is 0. The second-order valence-corrected chi connectivity index (χ2v) is 15.0. The first kappa shape index (κ1) is 5.55. The fraction of sp³-hybridized carbons (Fsp3) is 0. The van der Waals surface area contributed by atoms with Gasteiger partial charge in [-0.15, -0.1) is 0 Å². The number of rotatable bonds is 0. The van der Waals surface area contributed by atoms with Crippen LogP contribution in [0.4, 0.5) is 0 Å². The molecule has 0 aromatic heterocycles. The van der Waals surface area contributed by atoms with Crippen LogP contribution in [-0.4, -0.2) is 15.1 Å². The molecule has 0 spiro atoms. The minimum atomic E-state index is -1.98. The molecule has 0 aromatic carbocycles.